The number of hydrogen-bond acceptors (Lipinski definition) is 3. The second kappa shape index (κ2) is 5.67. The first-order chi connectivity index (χ1) is 7.49. The number of nitrogens with two attached hydrogens (primary N) is 1. The number of carbonyl (C=O) groups is 1. The van der Waals surface area contributed by atoms with E-state index in [2.05, 4.69) is 17.5 Å². The second-order valence-electron chi connectivity index (χ2n) is 3.11. The van der Waals surface area contributed by atoms with Gasteiger partial charge in [0.05, 0.1) is 0 Å². The Bertz CT molecular complexity index is 423. The summed E-state index contributed by atoms with van der Waals surface area (Å²) in [5, 5.41) is 2.82. The van der Waals surface area contributed by atoms with E-state index in [1.54, 1.807) is 18.2 Å². The minimum atomic E-state index is -0.387. The van der Waals surface area contributed by atoms with E-state index >= 15 is 0 Å². The van der Waals surface area contributed by atoms with Crippen molar-refractivity contribution in [1.82, 2.24) is 5.32 Å². The fourth-order valence-electron chi connectivity index (χ4n) is 1.09. The summed E-state index contributed by atoms with van der Waals surface area (Å²) < 4.78 is 5.27. The molecule has 0 saturated carbocycles. The summed E-state index contributed by atoms with van der Waals surface area (Å²) in [4.78, 5) is 11.2. The van der Waals surface area contributed by atoms with Crippen molar-refractivity contribution in [2.24, 2.45) is 5.73 Å². The van der Waals surface area contributed by atoms with Crippen LogP contribution in [-0.2, 0) is 4.79 Å². The molecule has 0 aromatic heterocycles. The Kier molecular flexibility index (Phi) is 4.52. The molecule has 16 heavy (non-hydrogen) atoms. The van der Waals surface area contributed by atoms with Crippen LogP contribution in [0.1, 0.15) is 5.56 Å². The van der Waals surface area contributed by atoms with Crippen molar-refractivity contribution in [2.45, 2.75) is 6.92 Å². The maximum atomic E-state index is 11.2. The molecule has 0 fully saturated rings. The van der Waals surface area contributed by atoms with Crippen LogP contribution in [0.2, 0.25) is 5.02 Å². The Labute approximate surface area is 104 Å². The topological polar surface area (TPSA) is 64.3 Å². The minimum absolute atomic E-state index is 0.0681. The van der Waals surface area contributed by atoms with E-state index in [1.807, 2.05) is 6.92 Å². The van der Waals surface area contributed by atoms with Crippen LogP contribution < -0.4 is 15.8 Å². The number of nitrogens with one attached hydrogen (secondary N) is 1. The fraction of sp³-hybridized carbons (Fsp3) is 0.200. The number of aryl methyl sites for hydroxylation is 1. The van der Waals surface area contributed by atoms with Crippen LogP contribution in [0.25, 0.3) is 0 Å². The van der Waals surface area contributed by atoms with Gasteiger partial charge in [0.15, 0.2) is 11.7 Å². The average Bonchev–Trinajstić information content (AvgIpc) is 2.15. The van der Waals surface area contributed by atoms with E-state index in [0.29, 0.717) is 10.8 Å². The van der Waals surface area contributed by atoms with E-state index in [0.717, 1.165) is 5.56 Å². The van der Waals surface area contributed by atoms with Gasteiger partial charge in [-0.25, -0.2) is 0 Å². The number of benzene rings is 1. The van der Waals surface area contributed by atoms with Crippen molar-refractivity contribution in [1.29, 1.82) is 0 Å². The molecule has 4 nitrogen and oxygen atoms in total. The molecule has 0 aliphatic carbocycles. The van der Waals surface area contributed by atoms with Crippen LogP contribution in [0.15, 0.2) is 18.2 Å². The average molecular weight is 259 g/mol. The van der Waals surface area contributed by atoms with Gasteiger partial charge in [-0.2, -0.15) is 0 Å². The molecule has 0 saturated heterocycles. The lowest BCUT2D eigenvalue weighted by Crippen LogP contribution is -2.37. The maximum Gasteiger partial charge on any atom is 0.264 e. The molecule has 86 valence electrons. The van der Waals surface area contributed by atoms with E-state index in [9.17, 15) is 4.79 Å². The Morgan fingerprint density at radius 3 is 2.88 bits per heavy atom. The summed E-state index contributed by atoms with van der Waals surface area (Å²) in [5.74, 6) is 0.212. The summed E-state index contributed by atoms with van der Waals surface area (Å²) in [5.41, 5.74) is 6.00. The lowest BCUT2D eigenvalue weighted by Gasteiger charge is -2.08. The van der Waals surface area contributed by atoms with Gasteiger partial charge in [0.25, 0.3) is 5.91 Å². The Balaban J connectivity index is 2.54. The molecule has 1 aromatic carbocycles. The molecule has 3 N–H and O–H groups in total. The molecule has 0 spiro atoms. The smallest absolute Gasteiger partial charge is 0.264 e. The highest BCUT2D eigenvalue weighted by molar-refractivity contribution is 7.80. The SMILES string of the molecule is Cc1cc(Cl)ccc1OCC(=O)NC(N)=S. The highest BCUT2D eigenvalue weighted by Crippen LogP contribution is 2.21. The molecule has 1 aromatic rings. The van der Waals surface area contributed by atoms with Crippen LogP contribution in [0.3, 0.4) is 0 Å². The Morgan fingerprint density at radius 2 is 2.31 bits per heavy atom. The van der Waals surface area contributed by atoms with Gasteiger partial charge in [-0.15, -0.1) is 0 Å². The maximum absolute atomic E-state index is 11.2. The molecule has 0 atom stereocenters. The zero-order valence-corrected chi connectivity index (χ0v) is 10.2. The highest BCUT2D eigenvalue weighted by atomic mass is 35.5. The van der Waals surface area contributed by atoms with Gasteiger partial charge in [-0.1, -0.05) is 11.6 Å². The minimum Gasteiger partial charge on any atom is -0.483 e. The number of ether oxygens (including phenoxy) is 1. The largest absolute Gasteiger partial charge is 0.483 e. The Hall–Kier alpha value is -1.33. The van der Waals surface area contributed by atoms with Crippen LogP contribution >= 0.6 is 23.8 Å². The van der Waals surface area contributed by atoms with Gasteiger partial charge in [0.2, 0.25) is 0 Å². The Morgan fingerprint density at radius 1 is 1.62 bits per heavy atom. The highest BCUT2D eigenvalue weighted by Gasteiger charge is 2.05. The monoisotopic (exact) mass is 258 g/mol. The third kappa shape index (κ3) is 4.04. The molecule has 0 heterocycles. The van der Waals surface area contributed by atoms with Crippen molar-refractivity contribution in [3.05, 3.63) is 28.8 Å². The zero-order valence-electron chi connectivity index (χ0n) is 8.62. The molecule has 0 aliphatic heterocycles. The summed E-state index contributed by atoms with van der Waals surface area (Å²) in [6, 6.07) is 5.14. The molecule has 0 bridgehead atoms. The van der Waals surface area contributed by atoms with Crippen molar-refractivity contribution in [2.75, 3.05) is 6.61 Å². The van der Waals surface area contributed by atoms with Gasteiger partial charge in [-0.3, -0.25) is 4.79 Å². The molecule has 0 radical (unpaired) electrons. The summed E-state index contributed by atoms with van der Waals surface area (Å²) in [6.45, 7) is 1.70. The quantitative estimate of drug-likeness (QED) is 0.805. The third-order valence-electron chi connectivity index (χ3n) is 1.76. The normalized spacial score (nSPS) is 9.62. The van der Waals surface area contributed by atoms with Crippen LogP contribution in [0, 0.1) is 6.92 Å². The first kappa shape index (κ1) is 12.7. The van der Waals surface area contributed by atoms with E-state index < -0.39 is 0 Å². The predicted molar refractivity (Wildman–Crippen MR) is 66.6 cm³/mol. The third-order valence-corrected chi connectivity index (χ3v) is 2.10. The lowest BCUT2D eigenvalue weighted by molar-refractivity contribution is -0.121. The molecule has 0 unspecified atom stereocenters. The van der Waals surface area contributed by atoms with E-state index in [1.165, 1.54) is 0 Å². The van der Waals surface area contributed by atoms with Gasteiger partial charge >= 0.3 is 0 Å². The van der Waals surface area contributed by atoms with Crippen LogP contribution in [0.4, 0.5) is 0 Å². The summed E-state index contributed by atoms with van der Waals surface area (Å²) in [7, 11) is 0. The number of rotatable bonds is 3. The van der Waals surface area contributed by atoms with Crippen molar-refractivity contribution >= 4 is 34.8 Å². The van der Waals surface area contributed by atoms with Gasteiger partial charge in [0, 0.05) is 5.02 Å². The van der Waals surface area contributed by atoms with Gasteiger partial charge < -0.3 is 15.8 Å². The van der Waals surface area contributed by atoms with Crippen molar-refractivity contribution in [3.63, 3.8) is 0 Å². The van der Waals surface area contributed by atoms with Crippen molar-refractivity contribution in [3.8, 4) is 5.75 Å². The molecule has 1 rings (SSSR count). The number of carbonyl (C=O) groups excluding carboxylic acids is 1. The summed E-state index contributed by atoms with van der Waals surface area (Å²) in [6.07, 6.45) is 0. The number of thiocarbonyl (C=S) groups is 1. The predicted octanol–water partition coefficient (Wildman–Crippen LogP) is 1.39. The standard InChI is InChI=1S/C10H11ClN2O2S/c1-6-4-7(11)2-3-8(6)15-5-9(14)13-10(12)16/h2-4H,5H2,1H3,(H3,12,13,14,16). The van der Waals surface area contributed by atoms with E-state index in [-0.39, 0.29) is 17.6 Å². The van der Waals surface area contributed by atoms with Gasteiger partial charge in [0.1, 0.15) is 5.75 Å². The van der Waals surface area contributed by atoms with Gasteiger partial charge in [-0.05, 0) is 42.9 Å². The zero-order chi connectivity index (χ0) is 12.1. The van der Waals surface area contributed by atoms with Crippen LogP contribution in [0.5, 0.6) is 5.75 Å². The first-order valence-electron chi connectivity index (χ1n) is 4.47. The van der Waals surface area contributed by atoms with E-state index in [4.69, 9.17) is 22.1 Å². The lowest BCUT2D eigenvalue weighted by atomic mass is 10.2. The molecular formula is C10H11ClN2O2S. The molecule has 6 heteroatoms. The number of amides is 1. The van der Waals surface area contributed by atoms with Crippen molar-refractivity contribution < 1.29 is 9.53 Å². The fourth-order valence-corrected chi connectivity index (χ4v) is 1.43. The second-order valence-corrected chi connectivity index (χ2v) is 3.99. The number of halogens is 1. The molecule has 1 amide bonds. The summed E-state index contributed by atoms with van der Waals surface area (Å²) >= 11 is 10.3. The molecule has 0 aliphatic rings. The van der Waals surface area contributed by atoms with Crippen LogP contribution in [-0.4, -0.2) is 17.6 Å². The first-order valence-corrected chi connectivity index (χ1v) is 5.26. The number of hydrogen-bond donors (Lipinski definition) is 2. The molecular weight excluding hydrogens is 248 g/mol.